The van der Waals surface area contributed by atoms with E-state index in [4.69, 9.17) is 0 Å². The van der Waals surface area contributed by atoms with Gasteiger partial charge in [-0.15, -0.1) is 0 Å². The van der Waals surface area contributed by atoms with E-state index in [0.29, 0.717) is 12.1 Å². The predicted octanol–water partition coefficient (Wildman–Crippen LogP) is 1.71. The maximum atomic E-state index is 12.5. The molecule has 21 heavy (non-hydrogen) atoms. The molecule has 0 aliphatic heterocycles. The fourth-order valence-electron chi connectivity index (χ4n) is 1.50. The molecule has 0 amide bonds. The van der Waals surface area contributed by atoms with Gasteiger partial charge in [0.15, 0.2) is 6.73 Å². The molecule has 9 heteroatoms. The molecule has 0 unspecified atom stereocenters. The van der Waals surface area contributed by atoms with Crippen LogP contribution in [0.15, 0.2) is 13.2 Å². The third-order valence-corrected chi connectivity index (χ3v) is 5.00. The third kappa shape index (κ3) is 4.19. The van der Waals surface area contributed by atoms with E-state index < -0.39 is 10.0 Å². The first-order chi connectivity index (χ1) is 9.98. The molecule has 0 bridgehead atoms. The van der Waals surface area contributed by atoms with E-state index in [1.165, 1.54) is 6.08 Å². The smallest absolute Gasteiger partial charge is 0.294 e. The molecule has 0 aliphatic carbocycles. The summed E-state index contributed by atoms with van der Waals surface area (Å²) in [5.74, 6) is 0. The van der Waals surface area contributed by atoms with Crippen molar-refractivity contribution in [3.63, 3.8) is 0 Å². The normalized spacial score (nSPS) is 11.3. The lowest BCUT2D eigenvalue weighted by molar-refractivity contribution is -0.131. The minimum absolute atomic E-state index is 0.169. The Morgan fingerprint density at radius 3 is 2.76 bits per heavy atom. The van der Waals surface area contributed by atoms with Gasteiger partial charge in [-0.2, -0.15) is 13.1 Å². The topological polar surface area (TPSA) is 89.5 Å². The van der Waals surface area contributed by atoms with E-state index >= 15 is 0 Å². The number of unbranched alkanes of at least 4 members (excludes halogenated alkanes) is 1. The van der Waals surface area contributed by atoms with Crippen molar-refractivity contribution in [1.29, 1.82) is 0 Å². The molecule has 1 heterocycles. The van der Waals surface area contributed by atoms with Gasteiger partial charge in [0.1, 0.15) is 16.3 Å². The van der Waals surface area contributed by atoms with Gasteiger partial charge >= 0.3 is 0 Å². The molecular weight excluding hydrogens is 314 g/mol. The maximum Gasteiger partial charge on any atom is 0.294 e. The summed E-state index contributed by atoms with van der Waals surface area (Å²) in [4.78, 5) is 10.1. The maximum absolute atomic E-state index is 12.5. The van der Waals surface area contributed by atoms with E-state index in [0.717, 1.165) is 22.5 Å². The summed E-state index contributed by atoms with van der Waals surface area (Å²) in [5.41, 5.74) is 0.530. The average Bonchev–Trinajstić information content (AvgIpc) is 2.94. The molecule has 0 fully saturated rings. The van der Waals surface area contributed by atoms with Gasteiger partial charge in [0.25, 0.3) is 6.47 Å². The Morgan fingerprint density at radius 1 is 1.48 bits per heavy atom. The predicted molar refractivity (Wildman–Crippen MR) is 81.6 cm³/mol. The van der Waals surface area contributed by atoms with E-state index in [2.05, 4.69) is 26.6 Å². The molecule has 7 nitrogen and oxygen atoms in total. The van der Waals surface area contributed by atoms with Crippen molar-refractivity contribution >= 4 is 39.2 Å². The van der Waals surface area contributed by atoms with E-state index in [1.807, 2.05) is 6.92 Å². The lowest BCUT2D eigenvalue weighted by atomic mass is 10.3. The molecule has 116 valence electrons. The molecule has 1 aromatic rings. The summed E-state index contributed by atoms with van der Waals surface area (Å²) in [6, 6.07) is 0. The minimum atomic E-state index is -3.89. The van der Waals surface area contributed by atoms with Crippen LogP contribution in [0.5, 0.6) is 0 Å². The second-order valence-corrected chi connectivity index (χ2v) is 6.54. The monoisotopic (exact) mass is 331 g/mol. The first kappa shape index (κ1) is 17.5. The number of ether oxygens (including phenoxy) is 1. The Morgan fingerprint density at radius 2 is 2.19 bits per heavy atom. The highest BCUT2D eigenvalue weighted by molar-refractivity contribution is 7.98. The molecule has 0 atom stereocenters. The molecule has 0 N–H and O–H groups in total. The lowest BCUT2D eigenvalue weighted by Gasteiger charge is -2.21. The highest BCUT2D eigenvalue weighted by Gasteiger charge is 2.29. The second-order valence-electron chi connectivity index (χ2n) is 4.05. The van der Waals surface area contributed by atoms with E-state index in [9.17, 15) is 13.2 Å². The number of carbonyl (C=O) groups is 1. The van der Waals surface area contributed by atoms with Crippen LogP contribution < -0.4 is 0 Å². The highest BCUT2D eigenvalue weighted by atomic mass is 32.2. The van der Waals surface area contributed by atoms with Gasteiger partial charge in [0, 0.05) is 6.54 Å². The molecule has 0 aliphatic rings. The van der Waals surface area contributed by atoms with Crippen molar-refractivity contribution in [2.75, 3.05) is 13.3 Å². The summed E-state index contributed by atoms with van der Waals surface area (Å²) in [7, 11) is -3.89. The van der Waals surface area contributed by atoms with Gasteiger partial charge in [-0.1, -0.05) is 26.5 Å². The zero-order valence-electron chi connectivity index (χ0n) is 11.7. The van der Waals surface area contributed by atoms with Crippen molar-refractivity contribution in [1.82, 2.24) is 13.1 Å². The van der Waals surface area contributed by atoms with E-state index in [-0.39, 0.29) is 30.3 Å². The van der Waals surface area contributed by atoms with Gasteiger partial charge in [-0.05, 0) is 12.5 Å². The zero-order chi connectivity index (χ0) is 15.9. The lowest BCUT2D eigenvalue weighted by Crippen LogP contribution is -2.34. The van der Waals surface area contributed by atoms with Crippen molar-refractivity contribution in [2.24, 2.45) is 0 Å². The first-order valence-corrected chi connectivity index (χ1v) is 8.35. The summed E-state index contributed by atoms with van der Waals surface area (Å²) in [6.45, 7) is 9.16. The fraction of sp³-hybridized carbons (Fsp3) is 0.417. The summed E-state index contributed by atoms with van der Waals surface area (Å²) in [5, 5.41) is 0. The van der Waals surface area contributed by atoms with Gasteiger partial charge < -0.3 is 4.74 Å². The molecule has 0 aromatic carbocycles. The third-order valence-electron chi connectivity index (χ3n) is 2.67. The van der Waals surface area contributed by atoms with Crippen LogP contribution >= 0.6 is 11.7 Å². The van der Waals surface area contributed by atoms with Crippen LogP contribution in [0.3, 0.4) is 0 Å². The first-order valence-electron chi connectivity index (χ1n) is 6.18. The van der Waals surface area contributed by atoms with Crippen molar-refractivity contribution < 1.29 is 17.9 Å². The van der Waals surface area contributed by atoms with Crippen molar-refractivity contribution in [2.45, 2.75) is 19.8 Å². The number of rotatable bonds is 10. The molecule has 0 saturated heterocycles. The van der Waals surface area contributed by atoms with Crippen LogP contribution in [0, 0.1) is 0 Å². The van der Waals surface area contributed by atoms with Gasteiger partial charge in [0.2, 0.25) is 10.0 Å². The van der Waals surface area contributed by atoms with Gasteiger partial charge in [-0.3, -0.25) is 4.79 Å². The number of hydrogen-bond acceptors (Lipinski definition) is 7. The molecule has 1 aromatic heterocycles. The summed E-state index contributed by atoms with van der Waals surface area (Å²) >= 11 is 0.880. The Bertz CT molecular complexity index is 610. The summed E-state index contributed by atoms with van der Waals surface area (Å²) in [6.07, 6.45) is 2.85. The van der Waals surface area contributed by atoms with Gasteiger partial charge in [0.05, 0.1) is 11.7 Å². The number of aromatic nitrogens is 2. The molecular formula is C12H17N3O4S2. The molecule has 1 rings (SSSR count). The number of sulfonamides is 1. The van der Waals surface area contributed by atoms with Crippen LogP contribution in [-0.4, -0.2) is 41.2 Å². The standard InChI is InChI=1S/C12H17N3O4S2/c1-4-6-7-15(8-19-9-16)21(17,18)10(3)12-11(5-2)13-20-14-12/h5,9H,2-4,6-8H2,1H3. The molecule has 0 saturated carbocycles. The van der Waals surface area contributed by atoms with Crippen LogP contribution in [0.1, 0.15) is 31.2 Å². The number of carbonyl (C=O) groups excluding carboxylic acids is 1. The van der Waals surface area contributed by atoms with E-state index in [1.54, 1.807) is 0 Å². The number of nitrogens with zero attached hydrogens (tertiary/aromatic N) is 3. The Kier molecular flexibility index (Phi) is 6.66. The molecule has 0 radical (unpaired) electrons. The zero-order valence-corrected chi connectivity index (χ0v) is 13.3. The Labute approximate surface area is 128 Å². The second kappa shape index (κ2) is 8.01. The van der Waals surface area contributed by atoms with Crippen LogP contribution in [0.2, 0.25) is 0 Å². The van der Waals surface area contributed by atoms with Crippen LogP contribution in [-0.2, 0) is 19.6 Å². The minimum Gasteiger partial charge on any atom is -0.451 e. The van der Waals surface area contributed by atoms with Crippen LogP contribution in [0.25, 0.3) is 11.0 Å². The summed E-state index contributed by atoms with van der Waals surface area (Å²) < 4.78 is 38.6. The quantitative estimate of drug-likeness (QED) is 0.479. The van der Waals surface area contributed by atoms with Gasteiger partial charge in [-0.25, -0.2) is 8.42 Å². The van der Waals surface area contributed by atoms with Crippen molar-refractivity contribution in [3.05, 3.63) is 24.5 Å². The Hall–Kier alpha value is -1.58. The van der Waals surface area contributed by atoms with Crippen molar-refractivity contribution in [3.8, 4) is 0 Å². The fourth-order valence-corrected chi connectivity index (χ4v) is 3.41. The average molecular weight is 331 g/mol. The van der Waals surface area contributed by atoms with Crippen LogP contribution in [0.4, 0.5) is 0 Å². The SMILES string of the molecule is C=Cc1nsnc1C(=C)S(=O)(=O)N(CCCC)COC=O. The highest BCUT2D eigenvalue weighted by Crippen LogP contribution is 2.25. The number of hydrogen-bond donors (Lipinski definition) is 0. The largest absolute Gasteiger partial charge is 0.451 e. The molecule has 0 spiro atoms. The Balaban J connectivity index is 3.06.